The van der Waals surface area contributed by atoms with Crippen molar-refractivity contribution in [2.75, 3.05) is 6.61 Å². The van der Waals surface area contributed by atoms with Crippen LogP contribution >= 0.6 is 11.8 Å². The highest BCUT2D eigenvalue weighted by molar-refractivity contribution is 8.00. The van der Waals surface area contributed by atoms with Gasteiger partial charge >= 0.3 is 17.9 Å². The van der Waals surface area contributed by atoms with Crippen LogP contribution in [0.2, 0.25) is 18.1 Å². The minimum absolute atomic E-state index is 0.0639. The lowest BCUT2D eigenvalue weighted by Gasteiger charge is -2.48. The first-order chi connectivity index (χ1) is 27.8. The summed E-state index contributed by atoms with van der Waals surface area (Å²) in [6.45, 7) is 26.6. The Bertz CT molecular complexity index is 1840. The number of carbonyl (C=O) groups is 3. The lowest BCUT2D eigenvalue weighted by atomic mass is 9.88. The lowest BCUT2D eigenvalue weighted by molar-refractivity contribution is -0.207. The molecule has 9 atom stereocenters. The molecule has 1 heterocycles. The van der Waals surface area contributed by atoms with E-state index in [1.54, 1.807) is 103 Å². The lowest BCUT2D eigenvalue weighted by Crippen LogP contribution is -2.67. The van der Waals surface area contributed by atoms with E-state index in [-0.39, 0.29) is 27.0 Å². The molecule has 1 fully saturated rings. The summed E-state index contributed by atoms with van der Waals surface area (Å²) in [5.41, 5.74) is -0.294. The minimum atomic E-state index is -2.23. The Kier molecular flexibility index (Phi) is 17.2. The third kappa shape index (κ3) is 13.1. The van der Waals surface area contributed by atoms with Crippen molar-refractivity contribution >= 4 is 49.3 Å². The molecule has 0 amide bonds. The van der Waals surface area contributed by atoms with Crippen molar-refractivity contribution < 1.29 is 42.3 Å². The number of allylic oxidation sites excluding steroid dienone is 1. The fourth-order valence-corrected chi connectivity index (χ4v) is 9.35. The Morgan fingerprint density at radius 2 is 1.24 bits per heavy atom. The van der Waals surface area contributed by atoms with E-state index in [0.29, 0.717) is 13.0 Å². The largest absolute Gasteiger partial charge is 0.598 e. The molecule has 0 aliphatic carbocycles. The number of esters is 3. The second kappa shape index (κ2) is 21.2. The van der Waals surface area contributed by atoms with Crippen molar-refractivity contribution in [3.63, 3.8) is 0 Å². The van der Waals surface area contributed by atoms with Gasteiger partial charge in [0.15, 0.2) is 26.6 Å². The molecule has 3 aromatic carbocycles. The van der Waals surface area contributed by atoms with Crippen molar-refractivity contribution in [3.8, 4) is 0 Å². The second-order valence-corrected chi connectivity index (χ2v) is 25.4. The van der Waals surface area contributed by atoms with Crippen LogP contribution in [-0.2, 0) is 34.7 Å². The van der Waals surface area contributed by atoms with Gasteiger partial charge in [0.2, 0.25) is 0 Å². The molecular formula is C46H61NO9S2Si. The molecule has 4 rings (SSSR count). The summed E-state index contributed by atoms with van der Waals surface area (Å²) in [6.07, 6.45) is -1.26. The molecule has 3 unspecified atom stereocenters. The molecule has 0 saturated carbocycles. The third-order valence-corrected chi connectivity index (χ3v) is 18.0. The van der Waals surface area contributed by atoms with Crippen molar-refractivity contribution in [1.82, 2.24) is 4.72 Å². The number of nitrogens with one attached hydrogen (secondary N) is 1. The Hall–Kier alpha value is -3.69. The molecule has 1 saturated heterocycles. The van der Waals surface area contributed by atoms with Gasteiger partial charge in [0.05, 0.1) is 22.7 Å². The van der Waals surface area contributed by atoms with E-state index >= 15 is 0 Å². The van der Waals surface area contributed by atoms with E-state index in [1.807, 2.05) is 27.7 Å². The van der Waals surface area contributed by atoms with Crippen molar-refractivity contribution in [2.45, 2.75) is 119 Å². The summed E-state index contributed by atoms with van der Waals surface area (Å²) in [5.74, 6) is -2.57. The minimum Gasteiger partial charge on any atom is -0.598 e. The van der Waals surface area contributed by atoms with Crippen LogP contribution in [0.15, 0.2) is 116 Å². The van der Waals surface area contributed by atoms with Crippen LogP contribution < -0.4 is 4.72 Å². The van der Waals surface area contributed by atoms with E-state index in [2.05, 4.69) is 51.7 Å². The predicted molar refractivity (Wildman–Crippen MR) is 239 cm³/mol. The molecule has 0 spiro atoms. The number of carbonyl (C=O) groups excluding carboxylic acids is 3. The Morgan fingerprint density at radius 3 is 1.64 bits per heavy atom. The predicted octanol–water partition coefficient (Wildman–Crippen LogP) is 9.33. The number of hydrogen-bond acceptors (Lipinski definition) is 11. The van der Waals surface area contributed by atoms with Gasteiger partial charge < -0.3 is 27.9 Å². The summed E-state index contributed by atoms with van der Waals surface area (Å²) in [6, 6.07) is 24.5. The third-order valence-electron chi connectivity index (χ3n) is 10.6. The first-order valence-electron chi connectivity index (χ1n) is 19.9. The van der Waals surface area contributed by atoms with Crippen molar-refractivity contribution in [1.29, 1.82) is 0 Å². The molecule has 0 aromatic heterocycles. The highest BCUT2D eigenvalue weighted by Gasteiger charge is 2.57. The zero-order valence-corrected chi connectivity index (χ0v) is 38.4. The summed E-state index contributed by atoms with van der Waals surface area (Å²) in [4.78, 5) is 42.4. The van der Waals surface area contributed by atoms with E-state index in [9.17, 15) is 18.9 Å². The fraction of sp³-hybridized carbons (Fsp3) is 0.457. The first-order valence-corrected chi connectivity index (χ1v) is 24.9. The van der Waals surface area contributed by atoms with E-state index < -0.39 is 84.1 Å². The smallest absolute Gasteiger partial charge is 0.338 e. The molecule has 10 nitrogen and oxygen atoms in total. The molecule has 0 radical (unpaired) electrons. The second-order valence-electron chi connectivity index (χ2n) is 17.2. The van der Waals surface area contributed by atoms with E-state index in [4.69, 9.17) is 23.4 Å². The average molecular weight is 864 g/mol. The van der Waals surface area contributed by atoms with Crippen LogP contribution in [0.3, 0.4) is 0 Å². The molecule has 320 valence electrons. The molecule has 1 aliphatic heterocycles. The first kappa shape index (κ1) is 48.0. The maximum Gasteiger partial charge on any atom is 0.338 e. The molecular weight excluding hydrogens is 803 g/mol. The Morgan fingerprint density at radius 1 is 0.797 bits per heavy atom. The zero-order valence-electron chi connectivity index (χ0n) is 35.8. The highest BCUT2D eigenvalue weighted by atomic mass is 32.2. The van der Waals surface area contributed by atoms with Gasteiger partial charge in [0.1, 0.15) is 16.3 Å². The van der Waals surface area contributed by atoms with Gasteiger partial charge in [-0.2, -0.15) is 0 Å². The van der Waals surface area contributed by atoms with Crippen LogP contribution in [0.5, 0.6) is 0 Å². The molecule has 1 N–H and O–H groups in total. The van der Waals surface area contributed by atoms with Gasteiger partial charge in [-0.3, -0.25) is 0 Å². The highest BCUT2D eigenvalue weighted by Crippen LogP contribution is 2.42. The van der Waals surface area contributed by atoms with Gasteiger partial charge in [-0.05, 0) is 87.6 Å². The van der Waals surface area contributed by atoms with Crippen LogP contribution in [0.4, 0.5) is 0 Å². The molecule has 1 aliphatic rings. The number of rotatable bonds is 18. The summed E-state index contributed by atoms with van der Waals surface area (Å²) in [7, 11) is -2.23. The Balaban J connectivity index is 1.94. The molecule has 3 aromatic rings. The fourth-order valence-electron chi connectivity index (χ4n) is 5.90. The number of thioether (sulfide) groups is 1. The van der Waals surface area contributed by atoms with Crippen LogP contribution in [0, 0.1) is 5.92 Å². The Labute approximate surface area is 359 Å². The van der Waals surface area contributed by atoms with Gasteiger partial charge in [0.25, 0.3) is 0 Å². The summed E-state index contributed by atoms with van der Waals surface area (Å²) < 4.78 is 49.4. The zero-order chi connectivity index (χ0) is 43.5. The molecule has 59 heavy (non-hydrogen) atoms. The SMILES string of the molecule is C=CCC(CO[Si](C)(C)C(C)(C)C)S[C@H]1O[C@H]([C@H](N[S+]([O-])C(C)(C)C)C(C)C=C)[C@H](OC(=O)c2ccccc2)[C@H](OC(=O)c2ccccc2)[C@H]1OC(=O)c1ccccc1. The van der Waals surface area contributed by atoms with Gasteiger partial charge in [-0.25, -0.2) is 14.4 Å². The standard InChI is InChI=1S/C46H61NO9S2Si/c1-12-23-35(30-52-59(10,11)46(7,8)9)57-44-40(55-43(50)34-28-21-16-22-29-34)39(54-42(49)33-26-19-15-20-27-33)38(53-41(48)32-24-17-14-18-25-32)37(56-44)36(31(3)13-2)47-58(51)45(4,5)6/h12-22,24-29,31,35-40,44,47H,1-2,23,30H2,3-11H3/t31?,35?,36-,37-,38+,39+,40-,44-,58?/m1/s1. The molecule has 13 heteroatoms. The van der Waals surface area contributed by atoms with E-state index in [1.165, 1.54) is 11.8 Å². The quantitative estimate of drug-likeness (QED) is 0.0432. The maximum absolute atomic E-state index is 14.2. The van der Waals surface area contributed by atoms with Gasteiger partial charge in [-0.1, -0.05) is 94.4 Å². The van der Waals surface area contributed by atoms with Crippen molar-refractivity contribution in [3.05, 3.63) is 133 Å². The number of ether oxygens (including phenoxy) is 4. The average Bonchev–Trinajstić information content (AvgIpc) is 3.20. The normalized spacial score (nSPS) is 21.9. The number of benzene rings is 3. The molecule has 0 bridgehead atoms. The number of hydrogen-bond donors (Lipinski definition) is 1. The van der Waals surface area contributed by atoms with E-state index in [0.717, 1.165) is 0 Å². The maximum atomic E-state index is 14.2. The van der Waals surface area contributed by atoms with Crippen LogP contribution in [0.1, 0.15) is 86.0 Å². The topological polar surface area (TPSA) is 132 Å². The monoisotopic (exact) mass is 863 g/mol. The van der Waals surface area contributed by atoms with Gasteiger partial charge in [-0.15, -0.1) is 29.6 Å². The van der Waals surface area contributed by atoms with Crippen molar-refractivity contribution in [2.24, 2.45) is 5.92 Å². The van der Waals surface area contributed by atoms with Crippen LogP contribution in [-0.4, -0.2) is 83.3 Å². The van der Waals surface area contributed by atoms with Gasteiger partial charge in [0, 0.05) is 23.2 Å². The summed E-state index contributed by atoms with van der Waals surface area (Å²) >= 11 is -0.282. The van der Waals surface area contributed by atoms with Crippen LogP contribution in [0.25, 0.3) is 0 Å². The summed E-state index contributed by atoms with van der Waals surface area (Å²) in [5, 5.41) is -0.322.